The minimum atomic E-state index is -3.59. The lowest BCUT2D eigenvalue weighted by Gasteiger charge is -2.33. The van der Waals surface area contributed by atoms with Gasteiger partial charge in [0.1, 0.15) is 5.75 Å². The summed E-state index contributed by atoms with van der Waals surface area (Å²) in [5.41, 5.74) is 0.884. The lowest BCUT2D eigenvalue weighted by molar-refractivity contribution is -0.132. The van der Waals surface area contributed by atoms with Gasteiger partial charge in [0, 0.05) is 32.0 Å². The van der Waals surface area contributed by atoms with Crippen LogP contribution in [0.1, 0.15) is 18.4 Å². The van der Waals surface area contributed by atoms with Gasteiger partial charge in [0.2, 0.25) is 15.9 Å². The zero-order valence-corrected chi connectivity index (χ0v) is 16.7. The molecule has 0 aliphatic carbocycles. The van der Waals surface area contributed by atoms with E-state index in [0.717, 1.165) is 18.4 Å². The summed E-state index contributed by atoms with van der Waals surface area (Å²) in [7, 11) is -2.05. The second kappa shape index (κ2) is 9.16. The summed E-state index contributed by atoms with van der Waals surface area (Å²) in [5.74, 6) is 0.754. The van der Waals surface area contributed by atoms with Crippen molar-refractivity contribution in [3.8, 4) is 5.75 Å². The number of nitrogens with one attached hydrogen (secondary N) is 1. The zero-order valence-electron chi connectivity index (χ0n) is 15.9. The number of likely N-dealkylation sites (tertiary alicyclic amines) is 1. The molecule has 2 aromatic rings. The Morgan fingerprint density at radius 2 is 2.07 bits per heavy atom. The number of hydrogen-bond acceptors (Lipinski definition) is 5. The molecule has 28 heavy (non-hydrogen) atoms. The number of amides is 1. The van der Waals surface area contributed by atoms with E-state index in [9.17, 15) is 13.2 Å². The van der Waals surface area contributed by atoms with Crippen LogP contribution in [0.4, 0.5) is 0 Å². The summed E-state index contributed by atoms with van der Waals surface area (Å²) >= 11 is 0. The first kappa shape index (κ1) is 20.3. The van der Waals surface area contributed by atoms with Gasteiger partial charge in [-0.15, -0.1) is 0 Å². The number of aromatic nitrogens is 1. The molecule has 7 nitrogen and oxygen atoms in total. The topological polar surface area (TPSA) is 88.6 Å². The highest BCUT2D eigenvalue weighted by molar-refractivity contribution is 7.89. The molecule has 1 aromatic carbocycles. The van der Waals surface area contributed by atoms with Crippen molar-refractivity contribution in [2.24, 2.45) is 5.92 Å². The van der Waals surface area contributed by atoms with Crippen molar-refractivity contribution in [3.05, 3.63) is 54.4 Å². The van der Waals surface area contributed by atoms with Crippen LogP contribution in [0.5, 0.6) is 5.75 Å². The van der Waals surface area contributed by atoms with Gasteiger partial charge >= 0.3 is 0 Å². The molecule has 1 amide bonds. The quantitative estimate of drug-likeness (QED) is 0.762. The Morgan fingerprint density at radius 3 is 2.75 bits per heavy atom. The van der Waals surface area contributed by atoms with Crippen LogP contribution in [0.25, 0.3) is 0 Å². The number of hydrogen-bond donors (Lipinski definition) is 1. The van der Waals surface area contributed by atoms with E-state index in [0.29, 0.717) is 31.8 Å². The van der Waals surface area contributed by atoms with Crippen LogP contribution in [0, 0.1) is 5.92 Å². The van der Waals surface area contributed by atoms with Crippen molar-refractivity contribution in [2.75, 3.05) is 26.7 Å². The standard InChI is InChI=1S/C20H25N3O4S/c1-27-18-6-8-19(9-7-18)28(25,26)22-14-17-5-3-11-23(15-17)20(24)12-16-4-2-10-21-13-16/h2,4,6-10,13,17,22H,3,5,11-12,14-15H2,1H3. The van der Waals surface area contributed by atoms with E-state index in [1.807, 2.05) is 17.0 Å². The third-order valence-corrected chi connectivity index (χ3v) is 6.32. The number of nitrogens with zero attached hydrogens (tertiary/aromatic N) is 2. The highest BCUT2D eigenvalue weighted by Gasteiger charge is 2.25. The maximum Gasteiger partial charge on any atom is 0.240 e. The van der Waals surface area contributed by atoms with Crippen molar-refractivity contribution in [1.82, 2.24) is 14.6 Å². The Balaban J connectivity index is 1.54. The Bertz CT molecular complexity index is 885. The highest BCUT2D eigenvalue weighted by Crippen LogP contribution is 2.19. The molecule has 1 unspecified atom stereocenters. The third kappa shape index (κ3) is 5.30. The summed E-state index contributed by atoms with van der Waals surface area (Å²) in [6.45, 7) is 1.58. The van der Waals surface area contributed by atoms with E-state index in [2.05, 4.69) is 9.71 Å². The van der Waals surface area contributed by atoms with Crippen LogP contribution < -0.4 is 9.46 Å². The largest absolute Gasteiger partial charge is 0.497 e. The second-order valence-corrected chi connectivity index (χ2v) is 8.68. The first-order valence-corrected chi connectivity index (χ1v) is 10.8. The van der Waals surface area contributed by atoms with E-state index < -0.39 is 10.0 Å². The second-order valence-electron chi connectivity index (χ2n) is 6.91. The predicted octanol–water partition coefficient (Wildman–Crippen LogP) is 1.85. The number of methoxy groups -OCH3 is 1. The molecule has 2 heterocycles. The van der Waals surface area contributed by atoms with Crippen LogP contribution in [0.2, 0.25) is 0 Å². The lowest BCUT2D eigenvalue weighted by atomic mass is 9.98. The average Bonchev–Trinajstić information content (AvgIpc) is 2.73. The van der Waals surface area contributed by atoms with Crippen LogP contribution in [0.15, 0.2) is 53.7 Å². The van der Waals surface area contributed by atoms with Crippen molar-refractivity contribution >= 4 is 15.9 Å². The van der Waals surface area contributed by atoms with Crippen LogP contribution in [0.3, 0.4) is 0 Å². The summed E-state index contributed by atoms with van der Waals surface area (Å²) < 4.78 is 32.7. The number of carbonyl (C=O) groups excluding carboxylic acids is 1. The number of ether oxygens (including phenoxy) is 1. The zero-order chi connectivity index (χ0) is 20.0. The van der Waals surface area contributed by atoms with Crippen LogP contribution in [-0.2, 0) is 21.2 Å². The number of rotatable bonds is 7. The fourth-order valence-corrected chi connectivity index (χ4v) is 4.43. The van der Waals surface area contributed by atoms with Gasteiger partial charge in [-0.25, -0.2) is 13.1 Å². The molecule has 1 aliphatic heterocycles. The number of benzene rings is 1. The normalized spacial score (nSPS) is 17.3. The van der Waals surface area contributed by atoms with E-state index in [1.165, 1.54) is 19.2 Å². The molecule has 1 aliphatic rings. The molecule has 150 valence electrons. The maximum atomic E-state index is 12.5. The third-order valence-electron chi connectivity index (χ3n) is 4.88. The highest BCUT2D eigenvalue weighted by atomic mass is 32.2. The average molecular weight is 404 g/mol. The molecule has 1 saturated heterocycles. The van der Waals surface area contributed by atoms with E-state index >= 15 is 0 Å². The minimum absolute atomic E-state index is 0.0516. The molecule has 0 saturated carbocycles. The summed E-state index contributed by atoms with van der Waals surface area (Å²) in [6, 6.07) is 9.98. The van der Waals surface area contributed by atoms with Gasteiger partial charge in [0.15, 0.2) is 0 Å². The van der Waals surface area contributed by atoms with Gasteiger partial charge in [-0.05, 0) is 54.7 Å². The van der Waals surface area contributed by atoms with Crippen molar-refractivity contribution in [2.45, 2.75) is 24.2 Å². The summed E-state index contributed by atoms with van der Waals surface area (Å²) in [6.07, 6.45) is 5.45. The Morgan fingerprint density at radius 1 is 1.29 bits per heavy atom. The van der Waals surface area contributed by atoms with E-state index in [4.69, 9.17) is 4.74 Å². The van der Waals surface area contributed by atoms with Crippen molar-refractivity contribution < 1.29 is 17.9 Å². The SMILES string of the molecule is COc1ccc(S(=O)(=O)NCC2CCCN(C(=O)Cc3cccnc3)C2)cc1. The molecule has 0 bridgehead atoms. The van der Waals surface area contributed by atoms with Gasteiger partial charge in [-0.3, -0.25) is 9.78 Å². The molecule has 1 aromatic heterocycles. The lowest BCUT2D eigenvalue weighted by Crippen LogP contribution is -2.44. The summed E-state index contributed by atoms with van der Waals surface area (Å²) in [5, 5.41) is 0. The first-order valence-electron chi connectivity index (χ1n) is 9.28. The molecule has 1 N–H and O–H groups in total. The molecule has 3 rings (SSSR count). The van der Waals surface area contributed by atoms with E-state index in [1.54, 1.807) is 24.5 Å². The Kier molecular flexibility index (Phi) is 6.64. The Labute approximate surface area is 165 Å². The minimum Gasteiger partial charge on any atom is -0.497 e. The Hall–Kier alpha value is -2.45. The van der Waals surface area contributed by atoms with Crippen LogP contribution >= 0.6 is 0 Å². The van der Waals surface area contributed by atoms with Crippen LogP contribution in [-0.4, -0.2) is 51.0 Å². The van der Waals surface area contributed by atoms with Gasteiger partial charge in [0.05, 0.1) is 18.4 Å². The number of sulfonamides is 1. The van der Waals surface area contributed by atoms with Gasteiger partial charge in [0.25, 0.3) is 0 Å². The first-order chi connectivity index (χ1) is 13.5. The predicted molar refractivity (Wildman–Crippen MR) is 105 cm³/mol. The smallest absolute Gasteiger partial charge is 0.240 e. The summed E-state index contributed by atoms with van der Waals surface area (Å²) in [4.78, 5) is 18.6. The monoisotopic (exact) mass is 403 g/mol. The van der Waals surface area contributed by atoms with Gasteiger partial charge in [-0.2, -0.15) is 0 Å². The number of pyridine rings is 1. The molecular formula is C20H25N3O4S. The maximum absolute atomic E-state index is 12.5. The van der Waals surface area contributed by atoms with Crippen molar-refractivity contribution in [1.29, 1.82) is 0 Å². The molecule has 8 heteroatoms. The molecule has 1 atom stereocenters. The fraction of sp³-hybridized carbons (Fsp3) is 0.400. The molecular weight excluding hydrogens is 378 g/mol. The van der Waals surface area contributed by atoms with E-state index in [-0.39, 0.29) is 16.7 Å². The molecule has 0 spiro atoms. The fourth-order valence-electron chi connectivity index (χ4n) is 3.31. The molecule has 0 radical (unpaired) electrons. The van der Waals surface area contributed by atoms with Crippen molar-refractivity contribution in [3.63, 3.8) is 0 Å². The number of piperidine rings is 1. The van der Waals surface area contributed by atoms with Gasteiger partial charge < -0.3 is 9.64 Å². The van der Waals surface area contributed by atoms with Gasteiger partial charge in [-0.1, -0.05) is 6.07 Å². The molecule has 1 fully saturated rings. The number of carbonyl (C=O) groups is 1.